The molecule has 1 N–H and O–H groups in total. The van der Waals surface area contributed by atoms with E-state index in [2.05, 4.69) is 0 Å². The van der Waals surface area contributed by atoms with Gasteiger partial charge in [-0.2, -0.15) is 0 Å². The molecule has 0 aromatic heterocycles. The normalized spacial score (nSPS) is 28.2. The van der Waals surface area contributed by atoms with Crippen LogP contribution in [0.1, 0.15) is 43.0 Å². The van der Waals surface area contributed by atoms with Crippen LogP contribution in [-0.2, 0) is 19.1 Å². The molecule has 0 bridgehead atoms. The summed E-state index contributed by atoms with van der Waals surface area (Å²) in [6.07, 6.45) is 8.04. The third kappa shape index (κ3) is 5.01. The van der Waals surface area contributed by atoms with E-state index in [0.717, 1.165) is 16.8 Å². The lowest BCUT2D eigenvalue weighted by Gasteiger charge is -2.41. The maximum atomic E-state index is 15.2. The number of carbonyl (C=O) groups excluding carboxylic acids is 3. The molecular formula is C40H43N3O6. The van der Waals surface area contributed by atoms with E-state index in [-0.39, 0.29) is 24.3 Å². The first-order chi connectivity index (χ1) is 23.7. The smallest absolute Gasteiger partial charge is 0.253 e. The first-order valence-electron chi connectivity index (χ1n) is 17.2. The van der Waals surface area contributed by atoms with Crippen LogP contribution in [0.25, 0.3) is 0 Å². The van der Waals surface area contributed by atoms with E-state index in [1.165, 1.54) is 4.90 Å². The standard InChI is InChI=1S/C40H43N3O6/c1-5-39-21-11-23-41(29-17-19-30(20-18-29)48-6-2)36(45)32(39)33-37(46)43(31(25-44)28-15-8-7-9-16-28)35-38(47)42(24-12-22-40(33,35)49-39)34-26(3)13-10-14-27(34)4/h7-22,31-33,35,44H,5-6,23-25H2,1-4H3/t31-,32+,33+,35?,39-,40+/m1/s1. The van der Waals surface area contributed by atoms with Gasteiger partial charge >= 0.3 is 0 Å². The Morgan fingerprint density at radius 2 is 1.49 bits per heavy atom. The molecule has 0 saturated carbocycles. The number of aryl methyl sites for hydroxylation is 2. The zero-order valence-electron chi connectivity index (χ0n) is 28.4. The maximum absolute atomic E-state index is 15.2. The zero-order chi connectivity index (χ0) is 34.5. The van der Waals surface area contributed by atoms with Gasteiger partial charge in [0, 0.05) is 24.5 Å². The number of para-hydroxylation sites is 1. The number of ether oxygens (including phenoxy) is 2. The van der Waals surface area contributed by atoms with Gasteiger partial charge in [-0.1, -0.05) is 79.8 Å². The lowest BCUT2D eigenvalue weighted by molar-refractivity contribution is -0.149. The van der Waals surface area contributed by atoms with E-state index >= 15 is 9.59 Å². The molecule has 1 spiro atoms. The van der Waals surface area contributed by atoms with Crippen molar-refractivity contribution in [3.8, 4) is 5.75 Å². The number of likely N-dealkylation sites (tertiary alicyclic amines) is 1. The van der Waals surface area contributed by atoms with E-state index in [1.807, 2.05) is 125 Å². The molecule has 254 valence electrons. The van der Waals surface area contributed by atoms with Crippen molar-refractivity contribution < 1.29 is 29.0 Å². The summed E-state index contributed by atoms with van der Waals surface area (Å²) in [5.74, 6) is -2.19. The average molecular weight is 662 g/mol. The summed E-state index contributed by atoms with van der Waals surface area (Å²) < 4.78 is 12.8. The van der Waals surface area contributed by atoms with Crippen LogP contribution in [0.2, 0.25) is 0 Å². The van der Waals surface area contributed by atoms with Gasteiger partial charge in [0.15, 0.2) is 0 Å². The first kappa shape index (κ1) is 32.8. The Balaban J connectivity index is 1.40. The van der Waals surface area contributed by atoms with Crippen molar-refractivity contribution in [2.45, 2.75) is 57.4 Å². The fourth-order valence-electron chi connectivity index (χ4n) is 8.62. The number of benzene rings is 3. The van der Waals surface area contributed by atoms with Crippen LogP contribution in [0, 0.1) is 25.7 Å². The summed E-state index contributed by atoms with van der Waals surface area (Å²) in [6, 6.07) is 20.5. The van der Waals surface area contributed by atoms with E-state index in [1.54, 1.807) is 9.80 Å². The van der Waals surface area contributed by atoms with Crippen LogP contribution in [0.4, 0.5) is 11.4 Å². The second-order valence-corrected chi connectivity index (χ2v) is 13.3. The Labute approximate surface area is 287 Å². The fourth-order valence-corrected chi connectivity index (χ4v) is 8.62. The quantitative estimate of drug-likeness (QED) is 0.329. The molecule has 2 fully saturated rings. The summed E-state index contributed by atoms with van der Waals surface area (Å²) in [4.78, 5) is 50.3. The predicted molar refractivity (Wildman–Crippen MR) is 187 cm³/mol. The molecule has 4 aliphatic rings. The minimum absolute atomic E-state index is 0.246. The van der Waals surface area contributed by atoms with Crippen LogP contribution in [0.3, 0.4) is 0 Å². The molecule has 6 atom stereocenters. The Kier molecular flexibility index (Phi) is 8.45. The van der Waals surface area contributed by atoms with Gasteiger partial charge in [0.05, 0.1) is 36.7 Å². The highest BCUT2D eigenvalue weighted by atomic mass is 16.5. The minimum atomic E-state index is -1.47. The number of carbonyl (C=O) groups is 3. The predicted octanol–water partition coefficient (Wildman–Crippen LogP) is 5.30. The number of nitrogens with zero attached hydrogens (tertiary/aromatic N) is 3. The molecule has 0 aliphatic carbocycles. The monoisotopic (exact) mass is 661 g/mol. The zero-order valence-corrected chi connectivity index (χ0v) is 28.4. The SMILES string of the molecule is CCOc1ccc(N2CC=C[C@@]3(CC)O[C@]45C=CCN(c6c(C)cccc6C)C(=O)C4N([C@H](CO)c4ccccc4)C(=O)[C@@H]5[C@H]3C2=O)cc1. The van der Waals surface area contributed by atoms with Crippen LogP contribution >= 0.6 is 0 Å². The van der Waals surface area contributed by atoms with E-state index in [9.17, 15) is 9.90 Å². The van der Waals surface area contributed by atoms with E-state index in [0.29, 0.717) is 36.6 Å². The second-order valence-electron chi connectivity index (χ2n) is 13.3. The number of aliphatic hydroxyl groups is 1. The van der Waals surface area contributed by atoms with Crippen LogP contribution in [0.15, 0.2) is 97.1 Å². The van der Waals surface area contributed by atoms with Gasteiger partial charge in [0.2, 0.25) is 11.8 Å². The van der Waals surface area contributed by atoms with Gasteiger partial charge in [0.1, 0.15) is 17.4 Å². The number of fused-ring (bicyclic) bond motifs is 2. The number of amides is 3. The Bertz CT molecular complexity index is 1800. The van der Waals surface area contributed by atoms with Crippen molar-refractivity contribution in [3.05, 3.63) is 114 Å². The van der Waals surface area contributed by atoms with E-state index in [4.69, 9.17) is 9.47 Å². The molecule has 3 amide bonds. The summed E-state index contributed by atoms with van der Waals surface area (Å²) in [6.45, 7) is 8.49. The van der Waals surface area contributed by atoms with Crippen molar-refractivity contribution in [1.82, 2.24) is 4.90 Å². The first-order valence-corrected chi connectivity index (χ1v) is 17.2. The highest BCUT2D eigenvalue weighted by molar-refractivity contribution is 6.08. The largest absolute Gasteiger partial charge is 0.494 e. The Morgan fingerprint density at radius 3 is 2.14 bits per heavy atom. The number of aliphatic hydroxyl groups excluding tert-OH is 1. The topological polar surface area (TPSA) is 99.6 Å². The summed E-state index contributed by atoms with van der Waals surface area (Å²) in [5, 5.41) is 10.9. The summed E-state index contributed by atoms with van der Waals surface area (Å²) >= 11 is 0. The Morgan fingerprint density at radius 1 is 0.816 bits per heavy atom. The molecule has 49 heavy (non-hydrogen) atoms. The van der Waals surface area contributed by atoms with Crippen molar-refractivity contribution in [1.29, 1.82) is 0 Å². The molecule has 9 heteroatoms. The fraction of sp³-hybridized carbons (Fsp3) is 0.375. The number of hydrogen-bond acceptors (Lipinski definition) is 6. The highest BCUT2D eigenvalue weighted by Gasteiger charge is 2.76. The molecule has 3 aromatic rings. The Hall–Kier alpha value is -4.73. The molecule has 4 heterocycles. The molecular weight excluding hydrogens is 618 g/mol. The van der Waals surface area contributed by atoms with Gasteiger partial charge in [0.25, 0.3) is 5.91 Å². The minimum Gasteiger partial charge on any atom is -0.494 e. The summed E-state index contributed by atoms with van der Waals surface area (Å²) in [7, 11) is 0. The maximum Gasteiger partial charge on any atom is 0.253 e. The third-order valence-electron chi connectivity index (χ3n) is 10.7. The number of hydrogen-bond donors (Lipinski definition) is 1. The van der Waals surface area contributed by atoms with Gasteiger partial charge in [-0.15, -0.1) is 0 Å². The number of anilines is 2. The van der Waals surface area contributed by atoms with Crippen molar-refractivity contribution in [3.63, 3.8) is 0 Å². The van der Waals surface area contributed by atoms with Gasteiger partial charge in [-0.25, -0.2) is 0 Å². The van der Waals surface area contributed by atoms with Gasteiger partial charge in [-0.05, 0) is 68.1 Å². The molecule has 0 radical (unpaired) electrons. The second kappa shape index (κ2) is 12.6. The van der Waals surface area contributed by atoms with Crippen molar-refractivity contribution in [2.75, 3.05) is 36.1 Å². The molecule has 1 unspecified atom stereocenters. The number of rotatable bonds is 8. The van der Waals surface area contributed by atoms with Gasteiger partial charge in [-0.3, -0.25) is 14.4 Å². The van der Waals surface area contributed by atoms with E-state index < -0.39 is 41.7 Å². The molecule has 7 rings (SSSR count). The molecule has 4 aliphatic heterocycles. The van der Waals surface area contributed by atoms with Crippen LogP contribution in [-0.4, -0.2) is 71.3 Å². The van der Waals surface area contributed by atoms with Crippen molar-refractivity contribution >= 4 is 29.1 Å². The molecule has 3 aromatic carbocycles. The lowest BCUT2D eigenvalue weighted by atomic mass is 9.73. The van der Waals surface area contributed by atoms with Crippen LogP contribution in [0.5, 0.6) is 5.75 Å². The van der Waals surface area contributed by atoms with Crippen molar-refractivity contribution in [2.24, 2.45) is 11.8 Å². The molecule has 9 nitrogen and oxygen atoms in total. The molecule has 2 saturated heterocycles. The van der Waals surface area contributed by atoms with Crippen LogP contribution < -0.4 is 14.5 Å². The lowest BCUT2D eigenvalue weighted by Crippen LogP contribution is -2.57. The van der Waals surface area contributed by atoms with Gasteiger partial charge < -0.3 is 29.3 Å². The highest BCUT2D eigenvalue weighted by Crippen LogP contribution is 2.60. The summed E-state index contributed by atoms with van der Waals surface area (Å²) in [5.41, 5.74) is 1.40. The third-order valence-corrected chi connectivity index (χ3v) is 10.7. The average Bonchev–Trinajstić information content (AvgIpc) is 3.40.